The number of carbonyl (C=O) groups excluding carboxylic acids is 2. The van der Waals surface area contributed by atoms with E-state index in [0.717, 1.165) is 31.4 Å². The Bertz CT molecular complexity index is 768. The van der Waals surface area contributed by atoms with E-state index in [1.165, 1.54) is 18.2 Å². The van der Waals surface area contributed by atoms with E-state index in [-0.39, 0.29) is 35.4 Å². The standard InChI is InChI=1S/C22H25F3O5/c23-22(24,25)30-17-11-7-16(8-12-17)19(26)13-9-15-10-14-20(27)18(15)5-3-1-2-4-6-21(28)29/h7-9,11-13,15,18H,1-6,10,14H2,(H,28,29)/t15-,18+/m0/s1. The van der Waals surface area contributed by atoms with Crippen LogP contribution < -0.4 is 4.74 Å². The Labute approximate surface area is 172 Å². The first-order valence-corrected chi connectivity index (χ1v) is 9.98. The fourth-order valence-corrected chi connectivity index (χ4v) is 3.66. The minimum Gasteiger partial charge on any atom is -0.481 e. The molecule has 2 atom stereocenters. The van der Waals surface area contributed by atoms with Gasteiger partial charge in [0.2, 0.25) is 0 Å². The van der Waals surface area contributed by atoms with Crippen LogP contribution in [0.25, 0.3) is 0 Å². The maximum atomic E-state index is 12.3. The second kappa shape index (κ2) is 10.9. The Kier molecular flexibility index (Phi) is 8.62. The van der Waals surface area contributed by atoms with Crippen molar-refractivity contribution in [2.24, 2.45) is 11.8 Å². The summed E-state index contributed by atoms with van der Waals surface area (Å²) in [6.45, 7) is 0. The Morgan fingerprint density at radius 2 is 1.77 bits per heavy atom. The average Bonchev–Trinajstić information content (AvgIpc) is 3.01. The molecule has 0 spiro atoms. The lowest BCUT2D eigenvalue weighted by molar-refractivity contribution is -0.274. The highest BCUT2D eigenvalue weighted by molar-refractivity contribution is 6.04. The van der Waals surface area contributed by atoms with Gasteiger partial charge in [0.25, 0.3) is 0 Å². The first-order valence-electron chi connectivity index (χ1n) is 9.98. The van der Waals surface area contributed by atoms with Crippen LogP contribution in [-0.4, -0.2) is 29.0 Å². The summed E-state index contributed by atoms with van der Waals surface area (Å²) in [6, 6.07) is 4.70. The molecule has 2 rings (SSSR count). The van der Waals surface area contributed by atoms with Gasteiger partial charge in [-0.1, -0.05) is 25.3 Å². The number of halogens is 3. The molecule has 0 unspecified atom stereocenters. The fourth-order valence-electron chi connectivity index (χ4n) is 3.66. The van der Waals surface area contributed by atoms with Crippen molar-refractivity contribution in [3.05, 3.63) is 42.0 Å². The lowest BCUT2D eigenvalue weighted by Crippen LogP contribution is -2.17. The molecule has 0 heterocycles. The number of hydrogen-bond acceptors (Lipinski definition) is 4. The molecule has 1 fully saturated rings. The van der Waals surface area contributed by atoms with E-state index in [4.69, 9.17) is 5.11 Å². The van der Waals surface area contributed by atoms with Crippen LogP contribution in [0.1, 0.15) is 61.7 Å². The molecule has 0 aromatic heterocycles. The predicted molar refractivity (Wildman–Crippen MR) is 103 cm³/mol. The van der Waals surface area contributed by atoms with E-state index in [0.29, 0.717) is 25.7 Å². The maximum Gasteiger partial charge on any atom is 0.573 e. The minimum atomic E-state index is -4.79. The topological polar surface area (TPSA) is 80.7 Å². The molecule has 0 amide bonds. The molecular formula is C22H25F3O5. The van der Waals surface area contributed by atoms with Crippen LogP contribution in [0, 0.1) is 11.8 Å². The van der Waals surface area contributed by atoms with Crippen LogP contribution in [0.3, 0.4) is 0 Å². The summed E-state index contributed by atoms with van der Waals surface area (Å²) in [5, 5.41) is 8.63. The third-order valence-electron chi connectivity index (χ3n) is 5.18. The Balaban J connectivity index is 1.85. The Morgan fingerprint density at radius 1 is 1.10 bits per heavy atom. The molecule has 1 saturated carbocycles. The summed E-state index contributed by atoms with van der Waals surface area (Å²) in [7, 11) is 0. The van der Waals surface area contributed by atoms with Gasteiger partial charge in [0.15, 0.2) is 5.78 Å². The van der Waals surface area contributed by atoms with Crippen molar-refractivity contribution in [2.45, 2.75) is 57.7 Å². The smallest absolute Gasteiger partial charge is 0.481 e. The van der Waals surface area contributed by atoms with Crippen LogP contribution in [0.5, 0.6) is 5.75 Å². The molecule has 0 bridgehead atoms. The molecule has 1 aromatic carbocycles. The van der Waals surface area contributed by atoms with Crippen molar-refractivity contribution in [2.75, 3.05) is 0 Å². The summed E-state index contributed by atoms with van der Waals surface area (Å²) < 4.78 is 40.4. The number of carbonyl (C=O) groups is 3. The van der Waals surface area contributed by atoms with Gasteiger partial charge in [0, 0.05) is 24.3 Å². The lowest BCUT2D eigenvalue weighted by atomic mass is 9.89. The van der Waals surface area contributed by atoms with Crippen LogP contribution in [-0.2, 0) is 9.59 Å². The van der Waals surface area contributed by atoms with E-state index in [9.17, 15) is 27.6 Å². The summed E-state index contributed by atoms with van der Waals surface area (Å²) in [6.07, 6.45) is 3.43. The molecule has 30 heavy (non-hydrogen) atoms. The highest BCUT2D eigenvalue weighted by Gasteiger charge is 2.32. The molecule has 1 aliphatic carbocycles. The highest BCUT2D eigenvalue weighted by atomic mass is 19.4. The van der Waals surface area contributed by atoms with Gasteiger partial charge in [0.1, 0.15) is 11.5 Å². The monoisotopic (exact) mass is 426 g/mol. The van der Waals surface area contributed by atoms with Crippen molar-refractivity contribution >= 4 is 17.5 Å². The van der Waals surface area contributed by atoms with E-state index in [2.05, 4.69) is 4.74 Å². The quantitative estimate of drug-likeness (QED) is 0.293. The number of ketones is 2. The van der Waals surface area contributed by atoms with Gasteiger partial charge in [-0.05, 0) is 55.5 Å². The SMILES string of the molecule is O=C(O)CCCCCC[C@H]1C(=O)CC[C@@H]1C=CC(=O)c1ccc(OC(F)(F)F)cc1. The summed E-state index contributed by atoms with van der Waals surface area (Å²) in [4.78, 5) is 34.9. The Hall–Kier alpha value is -2.64. The molecule has 0 radical (unpaired) electrons. The number of Topliss-reactive ketones (excluding diaryl/α,β-unsaturated/α-hetero) is 1. The molecule has 1 N–H and O–H groups in total. The molecule has 0 saturated heterocycles. The number of carboxylic acids is 1. The number of benzene rings is 1. The van der Waals surface area contributed by atoms with Crippen molar-refractivity contribution in [3.63, 3.8) is 0 Å². The highest BCUT2D eigenvalue weighted by Crippen LogP contribution is 2.34. The number of hydrogen-bond donors (Lipinski definition) is 1. The molecule has 0 aliphatic heterocycles. The van der Waals surface area contributed by atoms with Gasteiger partial charge in [-0.2, -0.15) is 0 Å². The molecule has 1 aromatic rings. The van der Waals surface area contributed by atoms with Gasteiger partial charge < -0.3 is 9.84 Å². The number of allylic oxidation sites excluding steroid dienone is 2. The van der Waals surface area contributed by atoms with E-state index >= 15 is 0 Å². The normalized spacial score (nSPS) is 19.4. The number of rotatable bonds is 11. The second-order valence-electron chi connectivity index (χ2n) is 7.42. The third-order valence-corrected chi connectivity index (χ3v) is 5.18. The van der Waals surface area contributed by atoms with E-state index in [1.807, 2.05) is 0 Å². The number of alkyl halides is 3. The first kappa shape index (κ1) is 23.6. The van der Waals surface area contributed by atoms with Crippen molar-refractivity contribution < 1.29 is 37.4 Å². The summed E-state index contributed by atoms with van der Waals surface area (Å²) in [5.74, 6) is -1.55. The predicted octanol–water partition coefficient (Wildman–Crippen LogP) is 5.34. The Morgan fingerprint density at radius 3 is 2.40 bits per heavy atom. The zero-order valence-corrected chi connectivity index (χ0v) is 16.5. The lowest BCUT2D eigenvalue weighted by Gasteiger charge is -2.14. The van der Waals surface area contributed by atoms with Crippen LogP contribution in [0.15, 0.2) is 36.4 Å². The minimum absolute atomic E-state index is 0.0340. The van der Waals surface area contributed by atoms with Gasteiger partial charge in [0.05, 0.1) is 0 Å². The van der Waals surface area contributed by atoms with E-state index < -0.39 is 18.1 Å². The van der Waals surface area contributed by atoms with Crippen molar-refractivity contribution in [3.8, 4) is 5.75 Å². The van der Waals surface area contributed by atoms with Gasteiger partial charge in [-0.25, -0.2) is 0 Å². The maximum absolute atomic E-state index is 12.3. The zero-order valence-electron chi connectivity index (χ0n) is 16.5. The number of unbranched alkanes of at least 4 members (excludes halogenated alkanes) is 3. The first-order chi connectivity index (χ1) is 14.2. The van der Waals surface area contributed by atoms with Gasteiger partial charge in [-0.15, -0.1) is 13.2 Å². The number of aliphatic carboxylic acids is 1. The number of ether oxygens (including phenoxy) is 1. The zero-order chi connectivity index (χ0) is 22.1. The van der Waals surface area contributed by atoms with Crippen molar-refractivity contribution in [1.29, 1.82) is 0 Å². The molecule has 164 valence electrons. The van der Waals surface area contributed by atoms with Crippen LogP contribution >= 0.6 is 0 Å². The largest absolute Gasteiger partial charge is 0.573 e. The molecule has 5 nitrogen and oxygen atoms in total. The van der Waals surface area contributed by atoms with Gasteiger partial charge >= 0.3 is 12.3 Å². The molecular weight excluding hydrogens is 401 g/mol. The van der Waals surface area contributed by atoms with E-state index in [1.54, 1.807) is 6.08 Å². The second-order valence-corrected chi connectivity index (χ2v) is 7.42. The fraction of sp³-hybridized carbons (Fsp3) is 0.500. The third kappa shape index (κ3) is 8.00. The molecule has 1 aliphatic rings. The molecule has 8 heteroatoms. The van der Waals surface area contributed by atoms with Gasteiger partial charge in [-0.3, -0.25) is 14.4 Å². The van der Waals surface area contributed by atoms with Crippen molar-refractivity contribution in [1.82, 2.24) is 0 Å². The van der Waals surface area contributed by atoms with Crippen LogP contribution in [0.4, 0.5) is 13.2 Å². The average molecular weight is 426 g/mol. The number of carboxylic acid groups (broad SMARTS) is 1. The van der Waals surface area contributed by atoms with Crippen LogP contribution in [0.2, 0.25) is 0 Å². The summed E-state index contributed by atoms with van der Waals surface area (Å²) >= 11 is 0. The summed E-state index contributed by atoms with van der Waals surface area (Å²) in [5.41, 5.74) is 0.236.